The van der Waals surface area contributed by atoms with E-state index in [4.69, 9.17) is 0 Å². The van der Waals surface area contributed by atoms with Gasteiger partial charge in [0.15, 0.2) is 5.82 Å². The van der Waals surface area contributed by atoms with Crippen LogP contribution in [0.1, 0.15) is 23.1 Å². The van der Waals surface area contributed by atoms with E-state index in [2.05, 4.69) is 30.2 Å². The number of carbonyl (C=O) groups is 1. The number of anilines is 2. The average Bonchev–Trinajstić information content (AvgIpc) is 2.67. The van der Waals surface area contributed by atoms with Crippen molar-refractivity contribution in [1.29, 1.82) is 0 Å². The standard InChI is InChI=1S/C18H19N7O/c1-4-25(3)15-9-8-13(11-20-15)17(26)24-18-22-12(2)21-16(23-18)14-7-5-6-10-19-14/h5-11H,4H2,1-3H3,(H,21,22,23,24,26). The number of aromatic nitrogens is 5. The second kappa shape index (κ2) is 7.64. The van der Waals surface area contributed by atoms with Gasteiger partial charge in [-0.2, -0.15) is 9.97 Å². The number of hydrogen-bond donors (Lipinski definition) is 1. The molecule has 3 aromatic rings. The van der Waals surface area contributed by atoms with Crippen molar-refractivity contribution in [3.05, 3.63) is 54.1 Å². The van der Waals surface area contributed by atoms with Gasteiger partial charge in [0.1, 0.15) is 17.3 Å². The summed E-state index contributed by atoms with van der Waals surface area (Å²) in [7, 11) is 1.94. The third-order valence-corrected chi connectivity index (χ3v) is 3.74. The van der Waals surface area contributed by atoms with Crippen molar-refractivity contribution in [2.75, 3.05) is 23.8 Å². The maximum Gasteiger partial charge on any atom is 0.259 e. The Hall–Kier alpha value is -3.42. The number of carbonyl (C=O) groups excluding carboxylic acids is 1. The SMILES string of the molecule is CCN(C)c1ccc(C(=O)Nc2nc(C)nc(-c3ccccn3)n2)cn1. The molecule has 132 valence electrons. The summed E-state index contributed by atoms with van der Waals surface area (Å²) in [5.74, 6) is 1.55. The zero-order valence-corrected chi connectivity index (χ0v) is 14.8. The van der Waals surface area contributed by atoms with Crippen LogP contribution in [-0.4, -0.2) is 44.4 Å². The largest absolute Gasteiger partial charge is 0.360 e. The molecule has 1 amide bonds. The molecule has 3 rings (SSSR count). The van der Waals surface area contributed by atoms with E-state index in [-0.39, 0.29) is 11.9 Å². The summed E-state index contributed by atoms with van der Waals surface area (Å²) in [6.07, 6.45) is 3.19. The molecule has 0 saturated heterocycles. The van der Waals surface area contributed by atoms with Crippen molar-refractivity contribution in [2.24, 2.45) is 0 Å². The molecule has 0 aliphatic heterocycles. The Morgan fingerprint density at radius 2 is 1.96 bits per heavy atom. The van der Waals surface area contributed by atoms with E-state index in [9.17, 15) is 4.79 Å². The van der Waals surface area contributed by atoms with Crippen LogP contribution in [0.5, 0.6) is 0 Å². The predicted molar refractivity (Wildman–Crippen MR) is 98.9 cm³/mol. The number of nitrogens with one attached hydrogen (secondary N) is 1. The van der Waals surface area contributed by atoms with Gasteiger partial charge in [-0.15, -0.1) is 0 Å². The minimum Gasteiger partial charge on any atom is -0.360 e. The lowest BCUT2D eigenvalue weighted by Crippen LogP contribution is -2.19. The van der Waals surface area contributed by atoms with E-state index >= 15 is 0 Å². The van der Waals surface area contributed by atoms with Gasteiger partial charge in [-0.3, -0.25) is 15.1 Å². The van der Waals surface area contributed by atoms with Gasteiger partial charge in [-0.1, -0.05) is 6.07 Å². The Labute approximate surface area is 151 Å². The van der Waals surface area contributed by atoms with Gasteiger partial charge in [0.2, 0.25) is 5.95 Å². The van der Waals surface area contributed by atoms with Crippen molar-refractivity contribution < 1.29 is 4.79 Å². The highest BCUT2D eigenvalue weighted by Gasteiger charge is 2.12. The summed E-state index contributed by atoms with van der Waals surface area (Å²) in [5, 5.41) is 2.69. The van der Waals surface area contributed by atoms with E-state index in [0.717, 1.165) is 12.4 Å². The number of pyridine rings is 2. The summed E-state index contributed by atoms with van der Waals surface area (Å²) >= 11 is 0. The molecule has 0 aliphatic carbocycles. The minimum atomic E-state index is -0.333. The zero-order valence-electron chi connectivity index (χ0n) is 14.8. The van der Waals surface area contributed by atoms with Crippen LogP contribution >= 0.6 is 0 Å². The summed E-state index contributed by atoms with van der Waals surface area (Å²) in [4.78, 5) is 35.7. The smallest absolute Gasteiger partial charge is 0.259 e. The fourth-order valence-electron chi connectivity index (χ4n) is 2.23. The first-order valence-corrected chi connectivity index (χ1v) is 8.19. The molecule has 26 heavy (non-hydrogen) atoms. The molecule has 0 unspecified atom stereocenters. The monoisotopic (exact) mass is 349 g/mol. The number of rotatable bonds is 5. The first-order valence-electron chi connectivity index (χ1n) is 8.19. The highest BCUT2D eigenvalue weighted by Crippen LogP contribution is 2.14. The molecule has 0 radical (unpaired) electrons. The molecule has 8 nitrogen and oxygen atoms in total. The third kappa shape index (κ3) is 3.97. The molecule has 0 aromatic carbocycles. The van der Waals surface area contributed by atoms with Crippen molar-refractivity contribution in [1.82, 2.24) is 24.9 Å². The molecule has 0 atom stereocenters. The first-order chi connectivity index (χ1) is 12.6. The zero-order chi connectivity index (χ0) is 18.5. The van der Waals surface area contributed by atoms with Crippen LogP contribution < -0.4 is 10.2 Å². The topological polar surface area (TPSA) is 96.8 Å². The average molecular weight is 349 g/mol. The summed E-state index contributed by atoms with van der Waals surface area (Å²) < 4.78 is 0. The normalized spacial score (nSPS) is 10.4. The molecule has 0 bridgehead atoms. The maximum atomic E-state index is 12.4. The second-order valence-electron chi connectivity index (χ2n) is 5.62. The Morgan fingerprint density at radius 3 is 2.62 bits per heavy atom. The number of amides is 1. The molecule has 3 aromatic heterocycles. The minimum absolute atomic E-state index is 0.179. The van der Waals surface area contributed by atoms with Gasteiger partial charge in [0, 0.05) is 26.0 Å². The van der Waals surface area contributed by atoms with E-state index in [0.29, 0.717) is 22.9 Å². The molecule has 1 N–H and O–H groups in total. The van der Waals surface area contributed by atoms with E-state index < -0.39 is 0 Å². The van der Waals surface area contributed by atoms with Gasteiger partial charge in [0.25, 0.3) is 5.91 Å². The predicted octanol–water partition coefficient (Wildman–Crippen LogP) is 2.35. The van der Waals surface area contributed by atoms with Gasteiger partial charge in [-0.25, -0.2) is 9.97 Å². The molecule has 3 heterocycles. The first kappa shape index (κ1) is 17.4. The van der Waals surface area contributed by atoms with Crippen molar-refractivity contribution in [2.45, 2.75) is 13.8 Å². The second-order valence-corrected chi connectivity index (χ2v) is 5.62. The summed E-state index contributed by atoms with van der Waals surface area (Å²) in [6, 6.07) is 8.98. The lowest BCUT2D eigenvalue weighted by molar-refractivity contribution is 0.102. The van der Waals surface area contributed by atoms with Crippen LogP contribution in [-0.2, 0) is 0 Å². The van der Waals surface area contributed by atoms with Gasteiger partial charge < -0.3 is 4.90 Å². The molecular formula is C18H19N7O. The van der Waals surface area contributed by atoms with E-state index in [1.165, 1.54) is 6.20 Å². The summed E-state index contributed by atoms with van der Waals surface area (Å²) in [6.45, 7) is 4.60. The third-order valence-electron chi connectivity index (χ3n) is 3.74. The van der Waals surface area contributed by atoms with Crippen LogP contribution in [0.2, 0.25) is 0 Å². The lowest BCUT2D eigenvalue weighted by Gasteiger charge is -2.15. The fraction of sp³-hybridized carbons (Fsp3) is 0.222. The Kier molecular flexibility index (Phi) is 5.12. The molecule has 0 spiro atoms. The van der Waals surface area contributed by atoms with Crippen LogP contribution in [0, 0.1) is 6.92 Å². The number of aryl methyl sites for hydroxylation is 1. The fourth-order valence-corrected chi connectivity index (χ4v) is 2.23. The van der Waals surface area contributed by atoms with Crippen LogP contribution in [0.3, 0.4) is 0 Å². The Balaban J connectivity index is 1.80. The van der Waals surface area contributed by atoms with Gasteiger partial charge in [-0.05, 0) is 38.1 Å². The Morgan fingerprint density at radius 1 is 1.12 bits per heavy atom. The number of hydrogen-bond acceptors (Lipinski definition) is 7. The van der Waals surface area contributed by atoms with E-state index in [1.807, 2.05) is 31.0 Å². The highest BCUT2D eigenvalue weighted by atomic mass is 16.1. The van der Waals surface area contributed by atoms with Crippen molar-refractivity contribution in [3.8, 4) is 11.5 Å². The van der Waals surface area contributed by atoms with Gasteiger partial charge >= 0.3 is 0 Å². The van der Waals surface area contributed by atoms with Crippen molar-refractivity contribution >= 4 is 17.7 Å². The lowest BCUT2D eigenvalue weighted by atomic mass is 10.2. The molecule has 0 saturated carbocycles. The molecular weight excluding hydrogens is 330 g/mol. The van der Waals surface area contributed by atoms with Crippen molar-refractivity contribution in [3.63, 3.8) is 0 Å². The molecule has 8 heteroatoms. The molecule has 0 fully saturated rings. The van der Waals surface area contributed by atoms with Crippen LogP contribution in [0.15, 0.2) is 42.7 Å². The Bertz CT molecular complexity index is 897. The summed E-state index contributed by atoms with van der Waals surface area (Å²) in [5.41, 5.74) is 1.04. The maximum absolute atomic E-state index is 12.4. The quantitative estimate of drug-likeness (QED) is 0.755. The van der Waals surface area contributed by atoms with E-state index in [1.54, 1.807) is 31.3 Å². The molecule has 0 aliphatic rings. The van der Waals surface area contributed by atoms with Gasteiger partial charge in [0.05, 0.1) is 5.56 Å². The van der Waals surface area contributed by atoms with Crippen LogP contribution in [0.25, 0.3) is 11.5 Å². The number of nitrogens with zero attached hydrogens (tertiary/aromatic N) is 6. The van der Waals surface area contributed by atoms with Crippen LogP contribution in [0.4, 0.5) is 11.8 Å². The highest BCUT2D eigenvalue weighted by molar-refractivity contribution is 6.03.